The van der Waals surface area contributed by atoms with Crippen LogP contribution in [-0.4, -0.2) is 29.5 Å². The van der Waals surface area contributed by atoms with Crippen LogP contribution in [0.3, 0.4) is 0 Å². The monoisotopic (exact) mass is 493 g/mol. The van der Waals surface area contributed by atoms with E-state index in [-0.39, 0.29) is 30.4 Å². The lowest BCUT2D eigenvalue weighted by atomic mass is 10.1. The molecule has 0 saturated carbocycles. The number of amides is 2. The van der Waals surface area contributed by atoms with Crippen molar-refractivity contribution < 1.29 is 23.5 Å². The molecule has 3 aromatic rings. The van der Waals surface area contributed by atoms with Crippen LogP contribution in [0.25, 0.3) is 0 Å². The van der Waals surface area contributed by atoms with E-state index in [2.05, 4.69) is 16.0 Å². The van der Waals surface area contributed by atoms with Gasteiger partial charge in [-0.1, -0.05) is 42.5 Å². The van der Waals surface area contributed by atoms with E-state index in [9.17, 15) is 14.4 Å². The van der Waals surface area contributed by atoms with Crippen LogP contribution in [-0.2, 0) is 27.3 Å². The Morgan fingerprint density at radius 3 is 2.46 bits per heavy atom. The summed E-state index contributed by atoms with van der Waals surface area (Å²) in [4.78, 5) is 36.6. The number of esters is 1. The number of hydrogen-bond donors (Lipinski definition) is 3. The van der Waals surface area contributed by atoms with Crippen LogP contribution in [0.1, 0.15) is 40.9 Å². The molecule has 0 unspecified atom stereocenters. The maximum absolute atomic E-state index is 12.6. The second kappa shape index (κ2) is 13.7. The molecule has 0 aliphatic rings. The Balaban J connectivity index is 1.37. The third kappa shape index (κ3) is 9.05. The summed E-state index contributed by atoms with van der Waals surface area (Å²) in [6.07, 6.45) is 2.95. The Hall–Kier alpha value is -3.98. The maximum Gasteiger partial charge on any atom is 0.306 e. The lowest BCUT2D eigenvalue weighted by molar-refractivity contribution is -0.145. The van der Waals surface area contributed by atoms with Crippen molar-refractivity contribution in [1.29, 1.82) is 0 Å². The molecule has 8 nitrogen and oxygen atoms in total. The van der Waals surface area contributed by atoms with E-state index < -0.39 is 11.9 Å². The molecule has 0 bridgehead atoms. The average Bonchev–Trinajstić information content (AvgIpc) is 3.38. The highest BCUT2D eigenvalue weighted by Crippen LogP contribution is 2.15. The van der Waals surface area contributed by atoms with Gasteiger partial charge in [-0.05, 0) is 54.9 Å². The number of aryl methyl sites for hydroxylation is 1. The average molecular weight is 494 g/mol. The zero-order chi connectivity index (χ0) is 24.9. The number of carbonyl (C=O) groups excluding carboxylic acids is 3. The van der Waals surface area contributed by atoms with Crippen LogP contribution < -0.4 is 16.0 Å². The van der Waals surface area contributed by atoms with Gasteiger partial charge in [-0.15, -0.1) is 0 Å². The van der Waals surface area contributed by atoms with Gasteiger partial charge >= 0.3 is 5.97 Å². The minimum Gasteiger partial charge on any atom is -0.467 e. The maximum atomic E-state index is 12.6. The second-order valence-electron chi connectivity index (χ2n) is 7.62. The fraction of sp³-hybridized carbons (Fsp3) is 0.231. The van der Waals surface area contributed by atoms with Gasteiger partial charge in [0.05, 0.1) is 37.1 Å². The number of hydrogen-bond acceptors (Lipinski definition) is 6. The first-order valence-electron chi connectivity index (χ1n) is 11.2. The van der Waals surface area contributed by atoms with Gasteiger partial charge in [-0.25, -0.2) is 0 Å². The van der Waals surface area contributed by atoms with Crippen LogP contribution in [0.15, 0.2) is 77.4 Å². The van der Waals surface area contributed by atoms with Gasteiger partial charge in [0.25, 0.3) is 5.91 Å². The van der Waals surface area contributed by atoms with Gasteiger partial charge in [0.1, 0.15) is 5.76 Å². The van der Waals surface area contributed by atoms with E-state index in [0.717, 1.165) is 6.42 Å². The summed E-state index contributed by atoms with van der Waals surface area (Å²) in [6.45, 7) is 0.539. The quantitative estimate of drug-likeness (QED) is 0.211. The van der Waals surface area contributed by atoms with Crippen molar-refractivity contribution in [3.05, 3.63) is 89.9 Å². The molecule has 2 aromatic carbocycles. The van der Waals surface area contributed by atoms with Gasteiger partial charge in [0.2, 0.25) is 5.91 Å². The normalized spacial score (nSPS) is 10.3. The molecule has 0 saturated heterocycles. The molecule has 0 atom stereocenters. The molecule has 0 fully saturated rings. The molecule has 0 aliphatic carbocycles. The third-order valence-electron chi connectivity index (χ3n) is 4.95. The SMILES string of the molecule is O=C(CCC(=O)OCCCc1ccccc1)NC(=S)Nc1ccccc1C(=O)NCc1ccco1. The zero-order valence-electron chi connectivity index (χ0n) is 19.1. The van der Waals surface area contributed by atoms with Crippen molar-refractivity contribution >= 4 is 40.8 Å². The predicted molar refractivity (Wildman–Crippen MR) is 136 cm³/mol. The topological polar surface area (TPSA) is 110 Å². The number of ether oxygens (including phenoxy) is 1. The summed E-state index contributed by atoms with van der Waals surface area (Å²) < 4.78 is 10.4. The van der Waals surface area contributed by atoms with Crippen LogP contribution in [0.4, 0.5) is 5.69 Å². The van der Waals surface area contributed by atoms with E-state index in [4.69, 9.17) is 21.4 Å². The molecule has 9 heteroatoms. The van der Waals surface area contributed by atoms with Gasteiger partial charge in [0, 0.05) is 6.42 Å². The molecule has 3 N–H and O–H groups in total. The minimum atomic E-state index is -0.439. The Morgan fingerprint density at radius 2 is 1.69 bits per heavy atom. The van der Waals surface area contributed by atoms with Gasteiger partial charge in [-0.2, -0.15) is 0 Å². The smallest absolute Gasteiger partial charge is 0.306 e. The van der Waals surface area contributed by atoms with Crippen molar-refractivity contribution in [3.8, 4) is 0 Å². The van der Waals surface area contributed by atoms with Crippen LogP contribution in [0.5, 0.6) is 0 Å². The summed E-state index contributed by atoms with van der Waals surface area (Å²) in [5.74, 6) is -0.566. The summed E-state index contributed by atoms with van der Waals surface area (Å²) in [6, 6.07) is 20.2. The number of furan rings is 1. The predicted octanol–water partition coefficient (Wildman–Crippen LogP) is 3.98. The third-order valence-corrected chi connectivity index (χ3v) is 5.15. The first-order chi connectivity index (χ1) is 17.0. The number of para-hydroxylation sites is 1. The highest BCUT2D eigenvalue weighted by Gasteiger charge is 2.14. The van der Waals surface area contributed by atoms with Gasteiger partial charge < -0.3 is 25.1 Å². The second-order valence-corrected chi connectivity index (χ2v) is 8.03. The van der Waals surface area contributed by atoms with Crippen molar-refractivity contribution in [2.24, 2.45) is 0 Å². The lowest BCUT2D eigenvalue weighted by Crippen LogP contribution is -2.35. The van der Waals surface area contributed by atoms with Crippen molar-refractivity contribution in [1.82, 2.24) is 10.6 Å². The van der Waals surface area contributed by atoms with Crippen molar-refractivity contribution in [2.45, 2.75) is 32.2 Å². The van der Waals surface area contributed by atoms with E-state index in [1.54, 1.807) is 36.4 Å². The zero-order valence-corrected chi connectivity index (χ0v) is 19.9. The van der Waals surface area contributed by atoms with Crippen LogP contribution in [0.2, 0.25) is 0 Å². The number of carbonyl (C=O) groups is 3. The molecule has 2 amide bonds. The molecule has 1 aromatic heterocycles. The molecular weight excluding hydrogens is 466 g/mol. The van der Waals surface area contributed by atoms with Crippen LogP contribution >= 0.6 is 12.2 Å². The molecule has 35 heavy (non-hydrogen) atoms. The molecule has 3 rings (SSSR count). The minimum absolute atomic E-state index is 0.0255. The van der Waals surface area contributed by atoms with Crippen molar-refractivity contribution in [3.63, 3.8) is 0 Å². The summed E-state index contributed by atoms with van der Waals surface area (Å²) in [7, 11) is 0. The van der Waals surface area contributed by atoms with Crippen LogP contribution in [0, 0.1) is 0 Å². The molecule has 1 heterocycles. The first kappa shape index (κ1) is 25.6. The first-order valence-corrected chi connectivity index (χ1v) is 11.6. The molecular formula is C26H27N3O5S. The van der Waals surface area contributed by atoms with E-state index >= 15 is 0 Å². The Morgan fingerprint density at radius 1 is 0.914 bits per heavy atom. The molecule has 0 spiro atoms. The summed E-state index contributed by atoms with van der Waals surface area (Å²) in [5.41, 5.74) is 1.97. The molecule has 182 valence electrons. The number of nitrogens with one attached hydrogen (secondary N) is 3. The van der Waals surface area contributed by atoms with E-state index in [1.807, 2.05) is 30.3 Å². The Labute approximate surface area is 209 Å². The summed E-state index contributed by atoms with van der Waals surface area (Å²) >= 11 is 5.19. The molecule has 0 aliphatic heterocycles. The standard InChI is InChI=1S/C26H27N3O5S/c30-23(14-15-24(31)34-17-6-10-19-8-2-1-3-9-19)29-26(35)28-22-13-5-4-12-21(22)25(32)27-18-20-11-7-16-33-20/h1-5,7-9,11-13,16H,6,10,14-15,17-18H2,(H,27,32)(H2,28,29,30,35). The molecule has 0 radical (unpaired) electrons. The summed E-state index contributed by atoms with van der Waals surface area (Å²) in [5, 5.41) is 8.17. The number of rotatable bonds is 11. The highest BCUT2D eigenvalue weighted by molar-refractivity contribution is 7.80. The van der Waals surface area contributed by atoms with Crippen molar-refractivity contribution in [2.75, 3.05) is 11.9 Å². The fourth-order valence-corrected chi connectivity index (χ4v) is 3.43. The fourth-order valence-electron chi connectivity index (χ4n) is 3.20. The van der Waals surface area contributed by atoms with E-state index in [0.29, 0.717) is 30.0 Å². The van der Waals surface area contributed by atoms with E-state index in [1.165, 1.54) is 11.8 Å². The lowest BCUT2D eigenvalue weighted by Gasteiger charge is -2.13. The Kier molecular flexibility index (Phi) is 10.0. The van der Waals surface area contributed by atoms with Gasteiger partial charge in [0.15, 0.2) is 5.11 Å². The van der Waals surface area contributed by atoms with Gasteiger partial charge in [-0.3, -0.25) is 14.4 Å². The number of thiocarbonyl (C=S) groups is 1. The Bertz CT molecular complexity index is 1130. The highest BCUT2D eigenvalue weighted by atomic mass is 32.1. The number of benzene rings is 2. The largest absolute Gasteiger partial charge is 0.467 e. The number of anilines is 1.